The van der Waals surface area contributed by atoms with Gasteiger partial charge in [-0.2, -0.15) is 10.4 Å². The second kappa shape index (κ2) is 11.4. The number of benzene rings is 1. The number of ether oxygens (including phenoxy) is 1. The lowest BCUT2D eigenvalue weighted by Gasteiger charge is -2.42. The van der Waals surface area contributed by atoms with E-state index >= 15 is 8.78 Å². The Labute approximate surface area is 242 Å². The van der Waals surface area contributed by atoms with Gasteiger partial charge in [0.1, 0.15) is 17.5 Å². The first kappa shape index (κ1) is 28.2. The molecule has 1 aliphatic carbocycles. The summed E-state index contributed by atoms with van der Waals surface area (Å²) >= 11 is 0. The van der Waals surface area contributed by atoms with Gasteiger partial charge in [0, 0.05) is 55.1 Å². The zero-order chi connectivity index (χ0) is 29.4. The third-order valence-electron chi connectivity index (χ3n) is 8.48. The first-order chi connectivity index (χ1) is 20.3. The number of pyridine rings is 1. The molecule has 0 radical (unpaired) electrons. The molecular weight excluding hydrogens is 540 g/mol. The summed E-state index contributed by atoms with van der Waals surface area (Å²) in [7, 11) is 0. The minimum Gasteiger partial charge on any atom is -0.385 e. The molecule has 0 spiro atoms. The van der Waals surface area contributed by atoms with Crippen LogP contribution in [0.5, 0.6) is 0 Å². The summed E-state index contributed by atoms with van der Waals surface area (Å²) in [4.78, 5) is 11.1. The predicted octanol–water partition coefficient (Wildman–Crippen LogP) is 4.11. The number of nitrogens with two attached hydrogens (primary N) is 1. The van der Waals surface area contributed by atoms with Gasteiger partial charge in [-0.25, -0.2) is 18.3 Å². The fraction of sp³-hybridized carbons (Fsp3) is 0.419. The molecule has 4 heterocycles. The molecule has 11 heteroatoms. The smallest absolute Gasteiger partial charge is 0.136 e. The maximum atomic E-state index is 15.2. The van der Waals surface area contributed by atoms with Crippen molar-refractivity contribution in [1.29, 1.82) is 5.26 Å². The molecule has 6 rings (SSSR count). The zero-order valence-electron chi connectivity index (χ0n) is 23.4. The van der Waals surface area contributed by atoms with Gasteiger partial charge in [-0.3, -0.25) is 4.98 Å². The Morgan fingerprint density at radius 1 is 1.17 bits per heavy atom. The molecule has 3 N–H and O–H groups in total. The number of nitriles is 1. The van der Waals surface area contributed by atoms with E-state index in [1.54, 1.807) is 35.2 Å². The number of piperidine rings is 1. The molecule has 0 bridgehead atoms. The monoisotopic (exact) mass is 573 g/mol. The summed E-state index contributed by atoms with van der Waals surface area (Å²) in [6.45, 7) is 3.75. The molecule has 2 fully saturated rings. The van der Waals surface area contributed by atoms with Crippen LogP contribution < -0.4 is 10.6 Å². The topological polar surface area (TPSA) is 126 Å². The van der Waals surface area contributed by atoms with Crippen molar-refractivity contribution in [2.75, 3.05) is 24.6 Å². The van der Waals surface area contributed by atoms with Gasteiger partial charge in [-0.05, 0) is 55.2 Å². The first-order valence-electron chi connectivity index (χ1n) is 14.3. The Kier molecular flexibility index (Phi) is 7.62. The van der Waals surface area contributed by atoms with Crippen molar-refractivity contribution in [2.45, 2.75) is 56.8 Å². The quantitative estimate of drug-likeness (QED) is 0.302. The van der Waals surface area contributed by atoms with Crippen LogP contribution in [0.2, 0.25) is 0 Å². The number of hydrogen-bond donors (Lipinski definition) is 2. The lowest BCUT2D eigenvalue weighted by molar-refractivity contribution is -0.0392. The standard InChI is InChI=1S/C31H33F2N7O2/c1-19-17-39(18-25(35)30(19)42-11-3-9-34)27-6-10-36-15-20(27)12-28-37-16-22-4-5-26(38-40(22)28)29-23(32)13-21(14-24(29)33)31(41)7-2-8-31/h4-6,10,13-16,19,25,30,41H,2-3,7-8,11-12,17-18,35H2,1H3/t19-,25+,30-/m0/s1. The third-order valence-corrected chi connectivity index (χ3v) is 8.48. The Hall–Kier alpha value is -3.98. The van der Waals surface area contributed by atoms with E-state index in [0.29, 0.717) is 50.2 Å². The number of fused-ring (bicyclic) bond motifs is 1. The maximum Gasteiger partial charge on any atom is 0.136 e. The van der Waals surface area contributed by atoms with E-state index in [2.05, 4.69) is 33.0 Å². The molecule has 4 aromatic rings. The molecule has 1 aromatic carbocycles. The average Bonchev–Trinajstić information content (AvgIpc) is 3.35. The Balaban J connectivity index is 1.27. The van der Waals surface area contributed by atoms with Crippen molar-refractivity contribution in [1.82, 2.24) is 19.6 Å². The highest BCUT2D eigenvalue weighted by Crippen LogP contribution is 2.42. The van der Waals surface area contributed by atoms with Gasteiger partial charge >= 0.3 is 0 Å². The summed E-state index contributed by atoms with van der Waals surface area (Å²) in [5.41, 5.74) is 8.06. The van der Waals surface area contributed by atoms with E-state index < -0.39 is 17.2 Å². The van der Waals surface area contributed by atoms with Crippen molar-refractivity contribution in [3.05, 3.63) is 77.5 Å². The molecule has 0 amide bonds. The van der Waals surface area contributed by atoms with E-state index in [4.69, 9.17) is 15.7 Å². The molecular formula is C31H33F2N7O2. The van der Waals surface area contributed by atoms with Crippen LogP contribution in [0, 0.1) is 28.9 Å². The Morgan fingerprint density at radius 3 is 2.64 bits per heavy atom. The SMILES string of the molecule is C[C@H]1CN(c2ccncc2Cc2ncc3ccc(-c4c(F)cc(C5(O)CCC5)cc4F)nn23)C[C@@H](N)[C@H]1OCCC#N. The van der Waals surface area contributed by atoms with E-state index in [-0.39, 0.29) is 34.9 Å². The zero-order valence-corrected chi connectivity index (χ0v) is 23.4. The molecule has 3 atom stereocenters. The van der Waals surface area contributed by atoms with Gasteiger partial charge in [0.2, 0.25) is 0 Å². The molecule has 9 nitrogen and oxygen atoms in total. The van der Waals surface area contributed by atoms with Crippen molar-refractivity contribution in [2.24, 2.45) is 11.7 Å². The highest BCUT2D eigenvalue weighted by atomic mass is 19.1. The Bertz CT molecular complexity index is 1610. The second-order valence-corrected chi connectivity index (χ2v) is 11.4. The highest BCUT2D eigenvalue weighted by Gasteiger charge is 2.38. The van der Waals surface area contributed by atoms with E-state index in [1.165, 1.54) is 12.1 Å². The normalized spacial score (nSPS) is 21.7. The molecule has 0 unspecified atom stereocenters. The molecule has 1 aliphatic heterocycles. The second-order valence-electron chi connectivity index (χ2n) is 11.4. The largest absolute Gasteiger partial charge is 0.385 e. The van der Waals surface area contributed by atoms with E-state index in [9.17, 15) is 5.11 Å². The minimum absolute atomic E-state index is 0.133. The van der Waals surface area contributed by atoms with Gasteiger partial charge in [0.25, 0.3) is 0 Å². The lowest BCUT2D eigenvalue weighted by Crippen LogP contribution is -2.57. The number of aromatic nitrogens is 4. The fourth-order valence-corrected chi connectivity index (χ4v) is 6.14. The molecule has 1 saturated heterocycles. The number of halogens is 2. The van der Waals surface area contributed by atoms with E-state index in [0.717, 1.165) is 24.2 Å². The summed E-state index contributed by atoms with van der Waals surface area (Å²) in [5.74, 6) is -0.793. The third kappa shape index (κ3) is 5.22. The van der Waals surface area contributed by atoms with Crippen molar-refractivity contribution < 1.29 is 18.6 Å². The first-order valence-corrected chi connectivity index (χ1v) is 14.3. The van der Waals surface area contributed by atoms with Crippen molar-refractivity contribution in [3.8, 4) is 17.3 Å². The number of anilines is 1. The summed E-state index contributed by atoms with van der Waals surface area (Å²) < 4.78 is 38.0. The maximum absolute atomic E-state index is 15.2. The molecule has 1 saturated carbocycles. The molecule has 218 valence electrons. The van der Waals surface area contributed by atoms with Gasteiger partial charge in [0.15, 0.2) is 0 Å². The van der Waals surface area contributed by atoms with Gasteiger partial charge in [-0.1, -0.05) is 6.92 Å². The molecule has 42 heavy (non-hydrogen) atoms. The number of imidazole rings is 1. The molecule has 3 aromatic heterocycles. The van der Waals surface area contributed by atoms with Crippen LogP contribution in [-0.4, -0.2) is 56.5 Å². The highest BCUT2D eigenvalue weighted by molar-refractivity contribution is 5.64. The summed E-state index contributed by atoms with van der Waals surface area (Å²) in [6, 6.07) is 9.54. The van der Waals surface area contributed by atoms with Crippen LogP contribution >= 0.6 is 0 Å². The summed E-state index contributed by atoms with van der Waals surface area (Å²) in [6.07, 6.45) is 7.57. The molecule has 2 aliphatic rings. The van der Waals surface area contributed by atoms with Gasteiger partial charge in [-0.15, -0.1) is 0 Å². The summed E-state index contributed by atoms with van der Waals surface area (Å²) in [5, 5.41) is 24.0. The van der Waals surface area contributed by atoms with Crippen molar-refractivity contribution in [3.63, 3.8) is 0 Å². The number of nitrogens with zero attached hydrogens (tertiary/aromatic N) is 6. The Morgan fingerprint density at radius 2 is 1.95 bits per heavy atom. The fourth-order valence-electron chi connectivity index (χ4n) is 6.14. The van der Waals surface area contributed by atoms with Gasteiger partial charge in [0.05, 0.1) is 53.8 Å². The number of aliphatic hydroxyl groups is 1. The van der Waals surface area contributed by atoms with Gasteiger partial charge < -0.3 is 20.5 Å². The number of rotatable bonds is 8. The van der Waals surface area contributed by atoms with Crippen LogP contribution in [0.15, 0.2) is 48.9 Å². The number of hydrogen-bond acceptors (Lipinski definition) is 8. The van der Waals surface area contributed by atoms with Crippen LogP contribution in [-0.2, 0) is 16.8 Å². The van der Waals surface area contributed by atoms with Crippen LogP contribution in [0.4, 0.5) is 14.5 Å². The predicted molar refractivity (Wildman–Crippen MR) is 152 cm³/mol. The average molecular weight is 574 g/mol. The van der Waals surface area contributed by atoms with Crippen LogP contribution in [0.25, 0.3) is 16.8 Å². The van der Waals surface area contributed by atoms with Crippen LogP contribution in [0.1, 0.15) is 49.6 Å². The minimum atomic E-state index is -1.17. The van der Waals surface area contributed by atoms with Crippen LogP contribution in [0.3, 0.4) is 0 Å². The lowest BCUT2D eigenvalue weighted by atomic mass is 9.75. The van der Waals surface area contributed by atoms with Crippen molar-refractivity contribution >= 4 is 11.2 Å². The van der Waals surface area contributed by atoms with E-state index in [1.807, 2.05) is 6.07 Å².